The number of primary amides is 1. The zero-order valence-corrected chi connectivity index (χ0v) is 15.1. The summed E-state index contributed by atoms with van der Waals surface area (Å²) in [6.45, 7) is 7.60. The van der Waals surface area contributed by atoms with E-state index in [0.29, 0.717) is 29.0 Å². The molecule has 2 rings (SSSR count). The third-order valence-electron chi connectivity index (χ3n) is 4.12. The SMILES string of the molecule is CCC(Oc1ccc(C)cc1C)C(=O)Nc1cccc(C(N)=O)c1C. The number of nitrogens with two attached hydrogens (primary N) is 1. The topological polar surface area (TPSA) is 81.4 Å². The Bertz CT molecular complexity index is 800. The molecule has 2 aromatic rings. The number of anilines is 1. The van der Waals surface area contributed by atoms with E-state index in [4.69, 9.17) is 10.5 Å². The number of aryl methyl sites for hydroxylation is 2. The largest absolute Gasteiger partial charge is 0.480 e. The van der Waals surface area contributed by atoms with Crippen LogP contribution in [0.15, 0.2) is 36.4 Å². The summed E-state index contributed by atoms with van der Waals surface area (Å²) < 4.78 is 5.90. The van der Waals surface area contributed by atoms with E-state index in [2.05, 4.69) is 5.32 Å². The highest BCUT2D eigenvalue weighted by molar-refractivity contribution is 5.99. The van der Waals surface area contributed by atoms with Crippen LogP contribution in [0, 0.1) is 20.8 Å². The van der Waals surface area contributed by atoms with Gasteiger partial charge in [-0.05, 0) is 56.5 Å². The Labute approximate surface area is 148 Å². The molecule has 0 aromatic heterocycles. The summed E-state index contributed by atoms with van der Waals surface area (Å²) >= 11 is 0. The first-order valence-corrected chi connectivity index (χ1v) is 8.27. The molecule has 0 bridgehead atoms. The van der Waals surface area contributed by atoms with Crippen LogP contribution in [-0.2, 0) is 4.79 Å². The zero-order chi connectivity index (χ0) is 18.6. The molecule has 132 valence electrons. The van der Waals surface area contributed by atoms with Crippen molar-refractivity contribution < 1.29 is 14.3 Å². The van der Waals surface area contributed by atoms with Crippen LogP contribution in [-0.4, -0.2) is 17.9 Å². The number of ether oxygens (including phenoxy) is 1. The molecule has 0 aliphatic carbocycles. The van der Waals surface area contributed by atoms with Crippen LogP contribution in [0.2, 0.25) is 0 Å². The van der Waals surface area contributed by atoms with E-state index < -0.39 is 12.0 Å². The minimum absolute atomic E-state index is 0.257. The van der Waals surface area contributed by atoms with Gasteiger partial charge in [-0.2, -0.15) is 0 Å². The van der Waals surface area contributed by atoms with Gasteiger partial charge in [-0.3, -0.25) is 9.59 Å². The third kappa shape index (κ3) is 4.38. The van der Waals surface area contributed by atoms with Gasteiger partial charge in [0, 0.05) is 11.3 Å². The smallest absolute Gasteiger partial charge is 0.265 e. The Morgan fingerprint density at radius 1 is 1.16 bits per heavy atom. The molecule has 2 aromatic carbocycles. The summed E-state index contributed by atoms with van der Waals surface area (Å²) in [6, 6.07) is 10.9. The predicted molar refractivity (Wildman–Crippen MR) is 98.9 cm³/mol. The van der Waals surface area contributed by atoms with Crippen molar-refractivity contribution in [1.29, 1.82) is 0 Å². The van der Waals surface area contributed by atoms with Crippen molar-refractivity contribution >= 4 is 17.5 Å². The molecule has 2 amide bonds. The van der Waals surface area contributed by atoms with Crippen LogP contribution < -0.4 is 15.8 Å². The van der Waals surface area contributed by atoms with Crippen LogP contribution in [0.5, 0.6) is 5.75 Å². The van der Waals surface area contributed by atoms with E-state index in [9.17, 15) is 9.59 Å². The highest BCUT2D eigenvalue weighted by atomic mass is 16.5. The Morgan fingerprint density at radius 2 is 1.88 bits per heavy atom. The molecule has 0 heterocycles. The van der Waals surface area contributed by atoms with E-state index in [1.54, 1.807) is 25.1 Å². The fourth-order valence-electron chi connectivity index (χ4n) is 2.66. The average molecular weight is 340 g/mol. The van der Waals surface area contributed by atoms with Gasteiger partial charge in [-0.15, -0.1) is 0 Å². The average Bonchev–Trinajstić information content (AvgIpc) is 2.55. The normalized spacial score (nSPS) is 11.7. The lowest BCUT2D eigenvalue weighted by molar-refractivity contribution is -0.122. The maximum Gasteiger partial charge on any atom is 0.265 e. The third-order valence-corrected chi connectivity index (χ3v) is 4.12. The van der Waals surface area contributed by atoms with Crippen LogP contribution in [0.3, 0.4) is 0 Å². The maximum absolute atomic E-state index is 12.6. The summed E-state index contributed by atoms with van der Waals surface area (Å²) in [5, 5.41) is 2.84. The molecule has 0 aliphatic heterocycles. The number of hydrogen-bond donors (Lipinski definition) is 2. The predicted octanol–water partition coefficient (Wildman–Crippen LogP) is 3.51. The summed E-state index contributed by atoms with van der Waals surface area (Å²) in [5.74, 6) is -0.0884. The highest BCUT2D eigenvalue weighted by Crippen LogP contribution is 2.23. The molecule has 0 saturated heterocycles. The molecule has 5 heteroatoms. The van der Waals surface area contributed by atoms with Crippen molar-refractivity contribution in [3.8, 4) is 5.75 Å². The van der Waals surface area contributed by atoms with E-state index >= 15 is 0 Å². The van der Waals surface area contributed by atoms with Crippen molar-refractivity contribution in [2.75, 3.05) is 5.32 Å². The van der Waals surface area contributed by atoms with Crippen LogP contribution >= 0.6 is 0 Å². The lowest BCUT2D eigenvalue weighted by Crippen LogP contribution is -2.33. The van der Waals surface area contributed by atoms with Crippen molar-refractivity contribution in [3.05, 3.63) is 58.7 Å². The number of carbonyl (C=O) groups is 2. The summed E-state index contributed by atoms with van der Waals surface area (Å²) in [7, 11) is 0. The Hall–Kier alpha value is -2.82. The minimum Gasteiger partial charge on any atom is -0.480 e. The van der Waals surface area contributed by atoms with Crippen molar-refractivity contribution in [3.63, 3.8) is 0 Å². The number of amides is 2. The van der Waals surface area contributed by atoms with Crippen LogP contribution in [0.4, 0.5) is 5.69 Å². The molecule has 25 heavy (non-hydrogen) atoms. The molecular formula is C20H24N2O3. The second-order valence-electron chi connectivity index (χ2n) is 6.12. The van der Waals surface area contributed by atoms with Crippen molar-refractivity contribution in [2.24, 2.45) is 5.73 Å². The fourth-order valence-corrected chi connectivity index (χ4v) is 2.66. The summed E-state index contributed by atoms with van der Waals surface area (Å²) in [5.41, 5.74) is 9.07. The molecule has 1 unspecified atom stereocenters. The molecule has 0 fully saturated rings. The number of nitrogens with one attached hydrogen (secondary N) is 1. The number of carbonyl (C=O) groups excluding carboxylic acids is 2. The molecule has 0 saturated carbocycles. The lowest BCUT2D eigenvalue weighted by atomic mass is 10.1. The van der Waals surface area contributed by atoms with E-state index in [-0.39, 0.29) is 5.91 Å². The molecule has 5 nitrogen and oxygen atoms in total. The standard InChI is InChI=1S/C20H24N2O3/c1-5-17(25-18-10-9-12(2)11-13(18)3)20(24)22-16-8-6-7-15(14(16)4)19(21)23/h6-11,17H,5H2,1-4H3,(H2,21,23)(H,22,24). The second-order valence-corrected chi connectivity index (χ2v) is 6.12. The first-order valence-electron chi connectivity index (χ1n) is 8.27. The van der Waals surface area contributed by atoms with Gasteiger partial charge in [0.1, 0.15) is 5.75 Å². The Balaban J connectivity index is 2.18. The molecule has 1 atom stereocenters. The van der Waals surface area contributed by atoms with Gasteiger partial charge in [-0.1, -0.05) is 30.7 Å². The zero-order valence-electron chi connectivity index (χ0n) is 15.1. The molecule has 0 spiro atoms. The quantitative estimate of drug-likeness (QED) is 0.844. The monoisotopic (exact) mass is 340 g/mol. The van der Waals surface area contributed by atoms with Crippen LogP contribution in [0.25, 0.3) is 0 Å². The molecule has 0 aliphatic rings. The molecular weight excluding hydrogens is 316 g/mol. The Morgan fingerprint density at radius 3 is 2.48 bits per heavy atom. The minimum atomic E-state index is -0.627. The van der Waals surface area contributed by atoms with Gasteiger partial charge < -0.3 is 15.8 Å². The van der Waals surface area contributed by atoms with Crippen molar-refractivity contribution in [1.82, 2.24) is 0 Å². The molecule has 3 N–H and O–H groups in total. The maximum atomic E-state index is 12.6. The van der Waals surface area contributed by atoms with Gasteiger partial charge >= 0.3 is 0 Å². The highest BCUT2D eigenvalue weighted by Gasteiger charge is 2.20. The first-order chi connectivity index (χ1) is 11.8. The molecule has 0 radical (unpaired) electrons. The van der Waals surface area contributed by atoms with E-state index in [1.807, 2.05) is 39.0 Å². The van der Waals surface area contributed by atoms with Gasteiger partial charge in [0.05, 0.1) is 0 Å². The summed E-state index contributed by atoms with van der Waals surface area (Å²) in [4.78, 5) is 24.0. The van der Waals surface area contributed by atoms with Crippen molar-refractivity contribution in [2.45, 2.75) is 40.2 Å². The van der Waals surface area contributed by atoms with E-state index in [1.165, 1.54) is 0 Å². The van der Waals surface area contributed by atoms with E-state index in [0.717, 1.165) is 11.1 Å². The summed E-state index contributed by atoms with van der Waals surface area (Å²) in [6.07, 6.45) is -0.105. The number of rotatable bonds is 6. The van der Waals surface area contributed by atoms with Gasteiger partial charge in [0.2, 0.25) is 5.91 Å². The lowest BCUT2D eigenvalue weighted by Gasteiger charge is -2.20. The van der Waals surface area contributed by atoms with Gasteiger partial charge in [0.25, 0.3) is 5.91 Å². The van der Waals surface area contributed by atoms with Gasteiger partial charge in [-0.25, -0.2) is 0 Å². The van der Waals surface area contributed by atoms with Crippen LogP contribution in [0.1, 0.15) is 40.4 Å². The number of hydrogen-bond acceptors (Lipinski definition) is 3. The van der Waals surface area contributed by atoms with Gasteiger partial charge in [0.15, 0.2) is 6.10 Å². The first kappa shape index (κ1) is 18.5. The second kappa shape index (κ2) is 7.83. The fraction of sp³-hybridized carbons (Fsp3) is 0.300. The number of benzene rings is 2. The Kier molecular flexibility index (Phi) is 5.80.